The second-order valence-corrected chi connectivity index (χ2v) is 10.8. The van der Waals surface area contributed by atoms with Gasteiger partial charge in [0.15, 0.2) is 6.20 Å². The van der Waals surface area contributed by atoms with E-state index in [1.165, 1.54) is 10.8 Å². The van der Waals surface area contributed by atoms with E-state index in [1.54, 1.807) is 0 Å². The fourth-order valence-corrected chi connectivity index (χ4v) is 5.12. The summed E-state index contributed by atoms with van der Waals surface area (Å²) >= 11 is 0. The van der Waals surface area contributed by atoms with Crippen LogP contribution in [0.15, 0.2) is 95.5 Å². The van der Waals surface area contributed by atoms with Crippen LogP contribution in [0.3, 0.4) is 0 Å². The van der Waals surface area contributed by atoms with Crippen molar-refractivity contribution >= 4 is 32.7 Å². The van der Waals surface area contributed by atoms with Crippen molar-refractivity contribution < 1.29 is 11.7 Å². The minimum atomic E-state index is -1.42. The van der Waals surface area contributed by atoms with Crippen LogP contribution < -0.4 is 4.57 Å². The minimum absolute atomic E-state index is 0.489. The maximum atomic E-state index is 8.61. The molecule has 0 aliphatic rings. The molecule has 2 heteroatoms. The Morgan fingerprint density at radius 2 is 1.53 bits per heavy atom. The van der Waals surface area contributed by atoms with Gasteiger partial charge in [-0.05, 0) is 63.9 Å². The quantitative estimate of drug-likeness (QED) is 0.235. The van der Waals surface area contributed by atoms with E-state index in [0.29, 0.717) is 5.56 Å². The van der Waals surface area contributed by atoms with E-state index < -0.39 is 11.8 Å². The molecule has 0 saturated carbocycles. The number of rotatable bonds is 3. The van der Waals surface area contributed by atoms with Crippen LogP contribution in [0.25, 0.3) is 55.1 Å². The van der Waals surface area contributed by atoms with Gasteiger partial charge in [-0.15, -0.1) is 0 Å². The normalized spacial score (nSPS) is 13.4. The maximum absolute atomic E-state index is 8.61. The van der Waals surface area contributed by atoms with Gasteiger partial charge in [-0.1, -0.05) is 81.4 Å². The van der Waals surface area contributed by atoms with Crippen LogP contribution in [-0.4, -0.2) is 0 Å². The molecule has 6 aromatic rings. The molecule has 2 aromatic heterocycles. The number of furan rings is 1. The molecule has 0 unspecified atom stereocenters. The van der Waals surface area contributed by atoms with Crippen LogP contribution >= 0.6 is 0 Å². The number of hydrogen-bond acceptors (Lipinski definition) is 1. The minimum Gasteiger partial charge on any atom is -0.455 e. The van der Waals surface area contributed by atoms with E-state index in [1.807, 2.05) is 45.0 Å². The molecule has 0 N–H and O–H groups in total. The number of nitrogens with zero attached hydrogens (tertiary/aromatic N) is 1. The molecule has 0 aliphatic carbocycles. The summed E-state index contributed by atoms with van der Waals surface area (Å²) < 4.78 is 25.9. The Balaban J connectivity index is 1.50. The molecule has 0 aliphatic heterocycles. The lowest BCUT2D eigenvalue weighted by molar-refractivity contribution is -0.660. The maximum Gasteiger partial charge on any atom is 0.216 e. The molecule has 36 heavy (non-hydrogen) atoms. The molecule has 0 saturated heterocycles. The number of aromatic nitrogens is 1. The lowest BCUT2D eigenvalue weighted by Crippen LogP contribution is -2.30. The third kappa shape index (κ3) is 3.97. The van der Waals surface area contributed by atoms with Crippen molar-refractivity contribution in [2.24, 2.45) is 12.5 Å². The van der Waals surface area contributed by atoms with Crippen LogP contribution in [-0.2, 0) is 13.4 Å². The van der Waals surface area contributed by atoms with E-state index in [4.69, 9.17) is 7.16 Å². The van der Waals surface area contributed by atoms with Crippen LogP contribution in [0.2, 0.25) is 0 Å². The van der Waals surface area contributed by atoms with E-state index in [9.17, 15) is 0 Å². The van der Waals surface area contributed by atoms with Crippen molar-refractivity contribution in [2.75, 3.05) is 0 Å². The highest BCUT2D eigenvalue weighted by atomic mass is 16.3. The lowest BCUT2D eigenvalue weighted by Gasteiger charge is -2.18. The first-order chi connectivity index (χ1) is 18.0. The number of aryl methyl sites for hydroxylation is 2. The second kappa shape index (κ2) is 8.34. The van der Waals surface area contributed by atoms with Crippen molar-refractivity contribution in [3.8, 4) is 22.4 Å². The summed E-state index contributed by atoms with van der Waals surface area (Å²) in [6.07, 6.45) is 0.668. The SMILES string of the molecule is [2H]C([2H])(c1ccc(-c2cc[n+](C)c(-c3c(C)ccc4c3oc3cc5ccccc5cc34)c2)cc1)C(C)(C)C. The number of fused-ring (bicyclic) bond motifs is 4. The molecule has 0 amide bonds. The van der Waals surface area contributed by atoms with Crippen molar-refractivity contribution in [1.82, 2.24) is 0 Å². The molecule has 0 radical (unpaired) electrons. The first-order valence-corrected chi connectivity index (χ1v) is 12.5. The predicted molar refractivity (Wildman–Crippen MR) is 151 cm³/mol. The van der Waals surface area contributed by atoms with Gasteiger partial charge in [-0.2, -0.15) is 0 Å². The largest absolute Gasteiger partial charge is 0.455 e. The smallest absolute Gasteiger partial charge is 0.216 e. The van der Waals surface area contributed by atoms with Gasteiger partial charge in [0.1, 0.15) is 18.2 Å². The summed E-state index contributed by atoms with van der Waals surface area (Å²) in [5.74, 6) is 0. The average Bonchev–Trinajstić information content (AvgIpc) is 3.24. The molecule has 2 heterocycles. The average molecular weight is 473 g/mol. The molecule has 0 bridgehead atoms. The van der Waals surface area contributed by atoms with Gasteiger partial charge < -0.3 is 4.42 Å². The number of pyridine rings is 1. The molecular formula is C34H32NO+. The Bertz CT molecular complexity index is 1840. The first kappa shape index (κ1) is 20.3. The van der Waals surface area contributed by atoms with E-state index in [0.717, 1.165) is 49.9 Å². The van der Waals surface area contributed by atoms with Gasteiger partial charge in [0, 0.05) is 25.6 Å². The highest BCUT2D eigenvalue weighted by Gasteiger charge is 2.22. The van der Waals surface area contributed by atoms with Gasteiger partial charge in [0.2, 0.25) is 5.69 Å². The third-order valence-corrected chi connectivity index (χ3v) is 6.86. The Hall–Kier alpha value is -3.91. The standard InChI is InChI=1S/C34H32NO/c1-22-10-15-28-29-18-25-8-6-7-9-26(25)20-31(29)36-33(28)32(22)30-19-27(16-17-35(30)5)24-13-11-23(12-14-24)21-34(2,3)4/h6-20H,21H2,1-5H3/q+1/i21D2. The summed E-state index contributed by atoms with van der Waals surface area (Å²) in [6, 6.07) is 29.3. The van der Waals surface area contributed by atoms with Crippen LogP contribution in [0.5, 0.6) is 0 Å². The Kier molecular flexibility index (Phi) is 4.70. The Morgan fingerprint density at radius 1 is 0.806 bits per heavy atom. The number of hydrogen-bond donors (Lipinski definition) is 0. The second-order valence-electron chi connectivity index (χ2n) is 10.8. The van der Waals surface area contributed by atoms with Gasteiger partial charge >= 0.3 is 0 Å². The zero-order chi connectivity index (χ0) is 26.8. The number of benzene rings is 4. The van der Waals surface area contributed by atoms with Gasteiger partial charge in [0.05, 0.1) is 5.56 Å². The summed E-state index contributed by atoms with van der Waals surface area (Å²) in [4.78, 5) is 0. The highest BCUT2D eigenvalue weighted by molar-refractivity contribution is 6.13. The topological polar surface area (TPSA) is 17.0 Å². The summed E-state index contributed by atoms with van der Waals surface area (Å²) in [5.41, 5.74) is 7.46. The van der Waals surface area contributed by atoms with Gasteiger partial charge in [-0.3, -0.25) is 0 Å². The molecule has 2 nitrogen and oxygen atoms in total. The molecule has 178 valence electrons. The molecule has 0 spiro atoms. The van der Waals surface area contributed by atoms with E-state index >= 15 is 0 Å². The zero-order valence-electron chi connectivity index (χ0n) is 23.5. The van der Waals surface area contributed by atoms with Crippen LogP contribution in [0.1, 0.15) is 34.6 Å². The fraction of sp³-hybridized carbons (Fsp3) is 0.206. The van der Waals surface area contributed by atoms with Gasteiger partial charge in [0.25, 0.3) is 0 Å². The van der Waals surface area contributed by atoms with E-state index in [2.05, 4.69) is 85.4 Å². The van der Waals surface area contributed by atoms with Crippen molar-refractivity contribution in [1.29, 1.82) is 0 Å². The highest BCUT2D eigenvalue weighted by Crippen LogP contribution is 2.39. The van der Waals surface area contributed by atoms with Crippen molar-refractivity contribution in [2.45, 2.75) is 34.1 Å². The fourth-order valence-electron chi connectivity index (χ4n) is 5.12. The predicted octanol–water partition coefficient (Wildman–Crippen LogP) is 8.79. The monoisotopic (exact) mass is 472 g/mol. The van der Waals surface area contributed by atoms with Crippen molar-refractivity contribution in [3.05, 3.63) is 102 Å². The summed E-state index contributed by atoms with van der Waals surface area (Å²) in [5, 5.41) is 4.62. The van der Waals surface area contributed by atoms with Crippen LogP contribution in [0.4, 0.5) is 0 Å². The molecule has 4 aromatic carbocycles. The Morgan fingerprint density at radius 3 is 2.25 bits per heavy atom. The third-order valence-electron chi connectivity index (χ3n) is 6.86. The van der Waals surface area contributed by atoms with E-state index in [-0.39, 0.29) is 0 Å². The molecule has 0 atom stereocenters. The Labute approximate surface area is 215 Å². The van der Waals surface area contributed by atoms with Crippen molar-refractivity contribution in [3.63, 3.8) is 0 Å². The lowest BCUT2D eigenvalue weighted by atomic mass is 9.87. The zero-order valence-corrected chi connectivity index (χ0v) is 21.5. The molecule has 0 fully saturated rings. The summed E-state index contributed by atoms with van der Waals surface area (Å²) in [6.45, 7) is 7.95. The molecule has 6 rings (SSSR count). The first-order valence-electron chi connectivity index (χ1n) is 13.5. The molecular weight excluding hydrogens is 438 g/mol. The van der Waals surface area contributed by atoms with Crippen LogP contribution in [0, 0.1) is 12.3 Å². The summed E-state index contributed by atoms with van der Waals surface area (Å²) in [7, 11) is 2.06. The van der Waals surface area contributed by atoms with Gasteiger partial charge in [-0.25, -0.2) is 4.57 Å².